The lowest BCUT2D eigenvalue weighted by Crippen LogP contribution is -2.23. The average Bonchev–Trinajstić information content (AvgIpc) is 3.30. The van der Waals surface area contributed by atoms with Gasteiger partial charge in [-0.25, -0.2) is 9.97 Å². The molecule has 2 N–H and O–H groups in total. The summed E-state index contributed by atoms with van der Waals surface area (Å²) in [5.74, 6) is 0.907. The van der Waals surface area contributed by atoms with Crippen LogP contribution in [0.25, 0.3) is 21.5 Å². The molecule has 4 aromatic rings. The third-order valence-electron chi connectivity index (χ3n) is 5.32. The first kappa shape index (κ1) is 22.7. The lowest BCUT2D eigenvalue weighted by Gasteiger charge is -2.10. The van der Waals surface area contributed by atoms with Crippen LogP contribution in [0.2, 0.25) is 0 Å². The minimum atomic E-state index is -0.323. The van der Waals surface area contributed by atoms with Crippen molar-refractivity contribution in [2.45, 2.75) is 45.6 Å². The molecule has 0 bridgehead atoms. The molecule has 0 radical (unpaired) electrons. The Bertz CT molecular complexity index is 1370. The van der Waals surface area contributed by atoms with Gasteiger partial charge in [0.05, 0.1) is 22.1 Å². The number of nitrogens with one attached hydrogen (secondary N) is 2. The zero-order valence-electron chi connectivity index (χ0n) is 18.5. The van der Waals surface area contributed by atoms with Gasteiger partial charge in [-0.15, -0.1) is 34.4 Å². The van der Waals surface area contributed by atoms with E-state index < -0.39 is 0 Å². The van der Waals surface area contributed by atoms with Crippen LogP contribution in [0, 0.1) is 27.7 Å². The molecule has 1 amide bonds. The third-order valence-corrected chi connectivity index (χ3v) is 8.33. The minimum Gasteiger partial charge on any atom is -0.309 e. The monoisotopic (exact) mass is 484 g/mol. The maximum atomic E-state index is 12.7. The van der Waals surface area contributed by atoms with Gasteiger partial charge >= 0.3 is 0 Å². The lowest BCUT2D eigenvalue weighted by atomic mass is 10.0. The second kappa shape index (κ2) is 9.17. The van der Waals surface area contributed by atoms with Gasteiger partial charge in [-0.1, -0.05) is 23.8 Å². The van der Waals surface area contributed by atoms with Gasteiger partial charge in [0.1, 0.15) is 10.7 Å². The number of aromatic nitrogens is 3. The van der Waals surface area contributed by atoms with E-state index in [1.54, 1.807) is 0 Å². The number of thiazole rings is 1. The summed E-state index contributed by atoms with van der Waals surface area (Å²) in [5.41, 5.74) is 5.16. The number of benzene rings is 1. The number of thioether (sulfide) groups is 1. The topological polar surface area (TPSA) is 87.7 Å². The highest BCUT2D eigenvalue weighted by atomic mass is 32.2. The van der Waals surface area contributed by atoms with Crippen LogP contribution in [-0.4, -0.2) is 26.1 Å². The van der Waals surface area contributed by atoms with E-state index in [-0.39, 0.29) is 16.7 Å². The van der Waals surface area contributed by atoms with Crippen molar-refractivity contribution in [2.24, 2.45) is 0 Å². The number of H-pyrrole nitrogens is 1. The van der Waals surface area contributed by atoms with E-state index in [2.05, 4.69) is 52.3 Å². The fourth-order valence-corrected chi connectivity index (χ4v) is 5.93. The number of thiophene rings is 1. The Kier molecular flexibility index (Phi) is 6.50. The number of rotatable bonds is 6. The molecule has 6 nitrogen and oxygen atoms in total. The molecule has 4 rings (SSSR count). The fraction of sp³-hybridized carbons (Fsp3) is 0.304. The van der Waals surface area contributed by atoms with Gasteiger partial charge in [0, 0.05) is 15.8 Å². The van der Waals surface area contributed by atoms with Crippen LogP contribution in [0.4, 0.5) is 5.13 Å². The Balaban J connectivity index is 1.40. The largest absolute Gasteiger partial charge is 0.309 e. The maximum Gasteiger partial charge on any atom is 0.259 e. The molecular formula is C23H24N4O2S3. The number of carbonyl (C=O) groups excluding carboxylic acids is 1. The van der Waals surface area contributed by atoms with Crippen molar-refractivity contribution in [3.8, 4) is 11.3 Å². The molecule has 0 aliphatic rings. The van der Waals surface area contributed by atoms with Gasteiger partial charge in [0.25, 0.3) is 5.56 Å². The number of hydrogen-bond donors (Lipinski definition) is 2. The predicted molar refractivity (Wildman–Crippen MR) is 136 cm³/mol. The first-order valence-electron chi connectivity index (χ1n) is 10.2. The van der Waals surface area contributed by atoms with Gasteiger partial charge in [-0.05, 0) is 45.7 Å². The zero-order chi connectivity index (χ0) is 23.0. The summed E-state index contributed by atoms with van der Waals surface area (Å²) in [5, 5.41) is 5.78. The van der Waals surface area contributed by atoms with Crippen LogP contribution < -0.4 is 10.9 Å². The number of carbonyl (C=O) groups is 1. The SMILES string of the molecule is Cc1ccc(-c2csc(NC(=O)[C@H](C)SCc3nc4sc(C)c(C)c4c(=O)[nH]3)n2)c(C)c1. The summed E-state index contributed by atoms with van der Waals surface area (Å²) >= 11 is 4.37. The molecule has 3 heterocycles. The van der Waals surface area contributed by atoms with Crippen molar-refractivity contribution >= 4 is 55.7 Å². The van der Waals surface area contributed by atoms with Crippen molar-refractivity contribution < 1.29 is 4.79 Å². The molecule has 0 unspecified atom stereocenters. The van der Waals surface area contributed by atoms with Crippen LogP contribution in [-0.2, 0) is 10.5 Å². The molecule has 1 atom stereocenters. The predicted octanol–water partition coefficient (Wildman–Crippen LogP) is 5.60. The molecule has 0 aliphatic heterocycles. The van der Waals surface area contributed by atoms with E-state index in [1.165, 1.54) is 40.0 Å². The summed E-state index contributed by atoms with van der Waals surface area (Å²) in [6, 6.07) is 6.25. The summed E-state index contributed by atoms with van der Waals surface area (Å²) in [6.07, 6.45) is 0. The number of amides is 1. The van der Waals surface area contributed by atoms with E-state index in [0.29, 0.717) is 22.1 Å². The van der Waals surface area contributed by atoms with E-state index in [9.17, 15) is 9.59 Å². The molecule has 1 aromatic carbocycles. The fourth-order valence-electron chi connectivity index (χ4n) is 3.41. The van der Waals surface area contributed by atoms with Crippen LogP contribution >= 0.6 is 34.4 Å². The van der Waals surface area contributed by atoms with Crippen molar-refractivity contribution in [1.82, 2.24) is 15.0 Å². The first-order chi connectivity index (χ1) is 15.2. The molecule has 3 aromatic heterocycles. The van der Waals surface area contributed by atoms with E-state index in [1.807, 2.05) is 26.2 Å². The van der Waals surface area contributed by atoms with Gasteiger partial charge in [-0.2, -0.15) is 0 Å². The number of nitrogens with zero attached hydrogens (tertiary/aromatic N) is 2. The molecule has 9 heteroatoms. The van der Waals surface area contributed by atoms with Crippen molar-refractivity contribution in [2.75, 3.05) is 5.32 Å². The minimum absolute atomic E-state index is 0.119. The Morgan fingerprint density at radius 2 is 2.00 bits per heavy atom. The van der Waals surface area contributed by atoms with Crippen molar-refractivity contribution in [1.29, 1.82) is 0 Å². The highest BCUT2D eigenvalue weighted by Crippen LogP contribution is 2.29. The highest BCUT2D eigenvalue weighted by Gasteiger charge is 2.18. The summed E-state index contributed by atoms with van der Waals surface area (Å²) in [7, 11) is 0. The highest BCUT2D eigenvalue weighted by molar-refractivity contribution is 7.99. The summed E-state index contributed by atoms with van der Waals surface area (Å²) in [4.78, 5) is 39.0. The van der Waals surface area contributed by atoms with Gasteiger partial charge < -0.3 is 10.3 Å². The third kappa shape index (κ3) is 4.65. The van der Waals surface area contributed by atoms with E-state index in [0.717, 1.165) is 32.1 Å². The Labute approximate surface area is 198 Å². The second-order valence-electron chi connectivity index (χ2n) is 7.77. The van der Waals surface area contributed by atoms with Crippen LogP contribution in [0.15, 0.2) is 28.4 Å². The first-order valence-corrected chi connectivity index (χ1v) is 12.9. The molecule has 32 heavy (non-hydrogen) atoms. The molecule has 0 spiro atoms. The van der Waals surface area contributed by atoms with Crippen molar-refractivity contribution in [3.05, 3.63) is 61.3 Å². The molecule has 0 saturated heterocycles. The summed E-state index contributed by atoms with van der Waals surface area (Å²) < 4.78 is 0. The second-order valence-corrected chi connectivity index (χ2v) is 11.2. The summed E-state index contributed by atoms with van der Waals surface area (Å²) in [6.45, 7) is 9.90. The Morgan fingerprint density at radius 3 is 2.75 bits per heavy atom. The number of anilines is 1. The average molecular weight is 485 g/mol. The molecule has 0 fully saturated rings. The van der Waals surface area contributed by atoms with Gasteiger partial charge in [-0.3, -0.25) is 9.59 Å². The van der Waals surface area contributed by atoms with Gasteiger partial charge in [0.2, 0.25) is 5.91 Å². The van der Waals surface area contributed by atoms with Crippen molar-refractivity contribution in [3.63, 3.8) is 0 Å². The maximum absolute atomic E-state index is 12.7. The smallest absolute Gasteiger partial charge is 0.259 e. The molecule has 0 aliphatic carbocycles. The zero-order valence-corrected chi connectivity index (χ0v) is 21.0. The van der Waals surface area contributed by atoms with E-state index in [4.69, 9.17) is 0 Å². The van der Waals surface area contributed by atoms with E-state index >= 15 is 0 Å². The standard InChI is InChI=1S/C23H24N4O2S3/c1-11-6-7-16(12(2)8-11)17-9-31-23(24-17)27-20(28)15(5)30-10-18-25-21(29)19-13(3)14(4)32-22(19)26-18/h6-9,15H,10H2,1-5H3,(H,24,27,28)(H,25,26,29)/t15-/m0/s1. The molecular weight excluding hydrogens is 460 g/mol. The Hall–Kier alpha value is -2.49. The number of aromatic amines is 1. The van der Waals surface area contributed by atoms with Crippen LogP contribution in [0.3, 0.4) is 0 Å². The normalized spacial score (nSPS) is 12.3. The number of hydrogen-bond acceptors (Lipinski definition) is 7. The quantitative estimate of drug-likeness (QED) is 0.372. The lowest BCUT2D eigenvalue weighted by molar-refractivity contribution is -0.115. The van der Waals surface area contributed by atoms with Gasteiger partial charge in [0.15, 0.2) is 5.13 Å². The van der Waals surface area contributed by atoms with Crippen LogP contribution in [0.1, 0.15) is 34.3 Å². The van der Waals surface area contributed by atoms with Crippen LogP contribution in [0.5, 0.6) is 0 Å². The molecule has 0 saturated carbocycles. The molecule has 166 valence electrons. The Morgan fingerprint density at radius 1 is 1.22 bits per heavy atom. The number of fused-ring (bicyclic) bond motifs is 1. The number of aryl methyl sites for hydroxylation is 4.